The summed E-state index contributed by atoms with van der Waals surface area (Å²) in [6, 6.07) is 5.59. The lowest BCUT2D eigenvalue weighted by Crippen LogP contribution is -2.45. The molecule has 1 atom stereocenters. The molecule has 1 radical (unpaired) electrons. The summed E-state index contributed by atoms with van der Waals surface area (Å²) in [6.07, 6.45) is 2.51. The molecule has 1 aliphatic rings. The Morgan fingerprint density at radius 3 is 2.75 bits per heavy atom. The highest BCUT2D eigenvalue weighted by Crippen LogP contribution is 2.17. The fourth-order valence-corrected chi connectivity index (χ4v) is 2.84. The minimum Gasteiger partial charge on any atom is -0.296 e. The van der Waals surface area contributed by atoms with Crippen molar-refractivity contribution >= 4 is 10.9 Å². The second-order valence-corrected chi connectivity index (χ2v) is 5.42. The number of aromatic nitrogens is 2. The molecule has 1 aromatic heterocycles. The largest absolute Gasteiger partial charge is 0.332 e. The molecule has 0 spiro atoms. The average molecular weight is 272 g/mol. The molecular formula is C15H18N3O2. The first kappa shape index (κ1) is 13.1. The standard InChI is InChI=1S/C15H18N3O2/c1-10-6-7-12-11(9-10)14(19)18(15(20)17(12)2)13-5-3-4-8-16-13/h6-7,9,13H,3-5,8H2,1-2H3. The van der Waals surface area contributed by atoms with E-state index >= 15 is 0 Å². The number of rotatable bonds is 1. The normalized spacial score (nSPS) is 19.4. The number of hydrogen-bond donors (Lipinski definition) is 0. The van der Waals surface area contributed by atoms with Gasteiger partial charge in [-0.15, -0.1) is 0 Å². The van der Waals surface area contributed by atoms with E-state index in [1.807, 2.05) is 25.1 Å². The van der Waals surface area contributed by atoms with Gasteiger partial charge in [0.05, 0.1) is 10.9 Å². The van der Waals surface area contributed by atoms with Crippen LogP contribution >= 0.6 is 0 Å². The van der Waals surface area contributed by atoms with Gasteiger partial charge in [0.1, 0.15) is 6.17 Å². The van der Waals surface area contributed by atoms with Gasteiger partial charge in [0, 0.05) is 13.6 Å². The Hall–Kier alpha value is -1.88. The maximum absolute atomic E-state index is 12.6. The molecule has 1 unspecified atom stereocenters. The third-order valence-electron chi connectivity index (χ3n) is 3.96. The quantitative estimate of drug-likeness (QED) is 0.785. The maximum atomic E-state index is 12.6. The Kier molecular flexibility index (Phi) is 3.22. The lowest BCUT2D eigenvalue weighted by atomic mass is 10.1. The van der Waals surface area contributed by atoms with E-state index in [4.69, 9.17) is 0 Å². The predicted octanol–water partition coefficient (Wildman–Crippen LogP) is 1.30. The third kappa shape index (κ3) is 1.98. The molecule has 0 amide bonds. The zero-order valence-electron chi connectivity index (χ0n) is 11.8. The van der Waals surface area contributed by atoms with Crippen LogP contribution in [0.4, 0.5) is 0 Å². The Labute approximate surface area is 116 Å². The average Bonchev–Trinajstić information content (AvgIpc) is 2.46. The van der Waals surface area contributed by atoms with E-state index in [0.29, 0.717) is 10.9 Å². The fourth-order valence-electron chi connectivity index (χ4n) is 2.84. The van der Waals surface area contributed by atoms with Gasteiger partial charge >= 0.3 is 5.69 Å². The van der Waals surface area contributed by atoms with Crippen LogP contribution in [-0.2, 0) is 7.05 Å². The van der Waals surface area contributed by atoms with Crippen LogP contribution in [0.1, 0.15) is 31.0 Å². The number of aryl methyl sites for hydroxylation is 2. The third-order valence-corrected chi connectivity index (χ3v) is 3.96. The molecule has 1 aliphatic heterocycles. The summed E-state index contributed by atoms with van der Waals surface area (Å²) in [5, 5.41) is 5.03. The molecular weight excluding hydrogens is 254 g/mol. The highest BCUT2D eigenvalue weighted by molar-refractivity contribution is 5.78. The van der Waals surface area contributed by atoms with E-state index < -0.39 is 0 Å². The van der Waals surface area contributed by atoms with Gasteiger partial charge in [-0.3, -0.25) is 9.36 Å². The number of benzene rings is 1. The Bertz CT molecular complexity index is 767. The molecule has 0 bridgehead atoms. The van der Waals surface area contributed by atoms with Crippen molar-refractivity contribution in [1.82, 2.24) is 14.5 Å². The zero-order valence-corrected chi connectivity index (χ0v) is 11.8. The van der Waals surface area contributed by atoms with Gasteiger partial charge in [-0.2, -0.15) is 0 Å². The van der Waals surface area contributed by atoms with Gasteiger partial charge in [0.25, 0.3) is 5.56 Å². The minimum atomic E-state index is -0.306. The number of fused-ring (bicyclic) bond motifs is 1. The van der Waals surface area contributed by atoms with Crippen LogP contribution in [0.15, 0.2) is 27.8 Å². The summed E-state index contributed by atoms with van der Waals surface area (Å²) in [5.41, 5.74) is 1.20. The van der Waals surface area contributed by atoms with Crippen molar-refractivity contribution in [2.45, 2.75) is 32.4 Å². The molecule has 20 heavy (non-hydrogen) atoms. The Morgan fingerprint density at radius 1 is 1.25 bits per heavy atom. The minimum absolute atomic E-state index is 0.220. The summed E-state index contributed by atoms with van der Waals surface area (Å²) < 4.78 is 2.86. The van der Waals surface area contributed by atoms with Crippen LogP contribution in [0, 0.1) is 6.92 Å². The summed E-state index contributed by atoms with van der Waals surface area (Å²) in [5.74, 6) is 0. The van der Waals surface area contributed by atoms with Gasteiger partial charge < -0.3 is 0 Å². The first-order chi connectivity index (χ1) is 9.59. The summed E-state index contributed by atoms with van der Waals surface area (Å²) in [7, 11) is 1.71. The SMILES string of the molecule is Cc1ccc2c(c1)c(=O)n(C1CCCC[N]1)c(=O)n2C. The van der Waals surface area contributed by atoms with Crippen molar-refractivity contribution < 1.29 is 0 Å². The molecule has 0 aliphatic carbocycles. The second-order valence-electron chi connectivity index (χ2n) is 5.42. The summed E-state index contributed by atoms with van der Waals surface area (Å²) in [6.45, 7) is 2.67. The summed E-state index contributed by atoms with van der Waals surface area (Å²) >= 11 is 0. The molecule has 1 fully saturated rings. The molecule has 5 nitrogen and oxygen atoms in total. The molecule has 1 saturated heterocycles. The van der Waals surface area contributed by atoms with Crippen LogP contribution in [0.2, 0.25) is 0 Å². The van der Waals surface area contributed by atoms with E-state index in [1.54, 1.807) is 11.6 Å². The lowest BCUT2D eigenvalue weighted by Gasteiger charge is -2.24. The fraction of sp³-hybridized carbons (Fsp3) is 0.467. The molecule has 2 heterocycles. The van der Waals surface area contributed by atoms with Crippen molar-refractivity contribution in [3.63, 3.8) is 0 Å². The van der Waals surface area contributed by atoms with Gasteiger partial charge in [-0.05, 0) is 38.3 Å². The second kappa shape index (κ2) is 4.90. The van der Waals surface area contributed by atoms with Crippen LogP contribution < -0.4 is 16.6 Å². The predicted molar refractivity (Wildman–Crippen MR) is 78.1 cm³/mol. The van der Waals surface area contributed by atoms with Crippen molar-refractivity contribution in [2.75, 3.05) is 6.54 Å². The van der Waals surface area contributed by atoms with Crippen molar-refractivity contribution in [3.05, 3.63) is 44.6 Å². The highest BCUT2D eigenvalue weighted by Gasteiger charge is 2.21. The van der Waals surface area contributed by atoms with Crippen LogP contribution in [0.5, 0.6) is 0 Å². The van der Waals surface area contributed by atoms with Gasteiger partial charge in [-0.25, -0.2) is 14.7 Å². The number of hydrogen-bond acceptors (Lipinski definition) is 2. The molecule has 105 valence electrons. The lowest BCUT2D eigenvalue weighted by molar-refractivity contribution is 0.296. The zero-order chi connectivity index (χ0) is 14.3. The Balaban J connectivity index is 2.32. The van der Waals surface area contributed by atoms with Crippen molar-refractivity contribution in [3.8, 4) is 0 Å². The van der Waals surface area contributed by atoms with E-state index in [-0.39, 0.29) is 17.4 Å². The van der Waals surface area contributed by atoms with Gasteiger partial charge in [0.2, 0.25) is 0 Å². The molecule has 2 aromatic rings. The highest BCUT2D eigenvalue weighted by atomic mass is 16.2. The van der Waals surface area contributed by atoms with E-state index in [2.05, 4.69) is 5.32 Å². The monoisotopic (exact) mass is 272 g/mol. The van der Waals surface area contributed by atoms with Gasteiger partial charge in [0.15, 0.2) is 0 Å². The summed E-state index contributed by atoms with van der Waals surface area (Å²) in [4.78, 5) is 25.1. The van der Waals surface area contributed by atoms with Crippen molar-refractivity contribution in [2.24, 2.45) is 7.05 Å². The van der Waals surface area contributed by atoms with Crippen LogP contribution in [0.25, 0.3) is 10.9 Å². The Morgan fingerprint density at radius 2 is 2.05 bits per heavy atom. The number of nitrogens with zero attached hydrogens (tertiary/aromatic N) is 3. The topological polar surface area (TPSA) is 58.1 Å². The number of piperidine rings is 1. The first-order valence-corrected chi connectivity index (χ1v) is 6.98. The van der Waals surface area contributed by atoms with E-state index in [9.17, 15) is 9.59 Å². The van der Waals surface area contributed by atoms with E-state index in [0.717, 1.165) is 31.4 Å². The molecule has 3 rings (SSSR count). The molecule has 5 heteroatoms. The smallest absolute Gasteiger partial charge is 0.296 e. The molecule has 1 aromatic carbocycles. The molecule has 0 N–H and O–H groups in total. The van der Waals surface area contributed by atoms with Crippen LogP contribution in [-0.4, -0.2) is 15.7 Å². The maximum Gasteiger partial charge on any atom is 0.332 e. The van der Waals surface area contributed by atoms with Crippen molar-refractivity contribution in [1.29, 1.82) is 0 Å². The van der Waals surface area contributed by atoms with Gasteiger partial charge in [-0.1, -0.05) is 11.6 Å². The van der Waals surface area contributed by atoms with E-state index in [1.165, 1.54) is 4.57 Å². The molecule has 0 saturated carbocycles. The first-order valence-electron chi connectivity index (χ1n) is 6.98. The van der Waals surface area contributed by atoms with Crippen LogP contribution in [0.3, 0.4) is 0 Å².